The van der Waals surface area contributed by atoms with Gasteiger partial charge < -0.3 is 15.0 Å². The molecule has 0 bridgehead atoms. The van der Waals surface area contributed by atoms with Crippen molar-refractivity contribution in [3.8, 4) is 11.5 Å². The summed E-state index contributed by atoms with van der Waals surface area (Å²) >= 11 is 0. The van der Waals surface area contributed by atoms with Gasteiger partial charge in [-0.3, -0.25) is 10.1 Å². The highest BCUT2D eigenvalue weighted by Gasteiger charge is 2.27. The largest absolute Gasteiger partial charge is 0.383 e. The summed E-state index contributed by atoms with van der Waals surface area (Å²) in [4.78, 5) is 13.4. The fourth-order valence-corrected chi connectivity index (χ4v) is 1.62. The van der Waals surface area contributed by atoms with E-state index in [-0.39, 0.29) is 12.4 Å². The third-order valence-corrected chi connectivity index (χ3v) is 2.60. The Hall–Kier alpha value is -2.46. The Morgan fingerprint density at radius 1 is 1.52 bits per heavy atom. The maximum Gasteiger partial charge on any atom is 0.305 e. The second-order valence-electron chi connectivity index (χ2n) is 4.03. The van der Waals surface area contributed by atoms with E-state index in [0.29, 0.717) is 6.07 Å². The van der Waals surface area contributed by atoms with Gasteiger partial charge >= 0.3 is 5.69 Å². The van der Waals surface area contributed by atoms with Crippen LogP contribution in [-0.2, 0) is 4.74 Å². The summed E-state index contributed by atoms with van der Waals surface area (Å²) in [5.41, 5.74) is 3.98. The fourth-order valence-electron chi connectivity index (χ4n) is 1.62. The molecule has 0 saturated carbocycles. The molecular formula is C11H10F2N4O4. The van der Waals surface area contributed by atoms with Crippen LogP contribution in [0.15, 0.2) is 16.7 Å². The molecule has 0 radical (unpaired) electrons. The molecule has 0 aliphatic carbocycles. The lowest BCUT2D eigenvalue weighted by Crippen LogP contribution is -2.17. The maximum atomic E-state index is 14.0. The lowest BCUT2D eigenvalue weighted by Gasteiger charge is -2.03. The minimum absolute atomic E-state index is 0.0304. The van der Waals surface area contributed by atoms with Crippen molar-refractivity contribution in [2.45, 2.75) is 6.04 Å². The van der Waals surface area contributed by atoms with Gasteiger partial charge in [-0.2, -0.15) is 9.37 Å². The van der Waals surface area contributed by atoms with Gasteiger partial charge in [-0.1, -0.05) is 5.16 Å². The number of nitro benzene ring substituents is 1. The van der Waals surface area contributed by atoms with E-state index in [1.165, 1.54) is 7.11 Å². The van der Waals surface area contributed by atoms with Crippen LogP contribution in [0.4, 0.5) is 14.5 Å². The molecule has 2 N–H and O–H groups in total. The van der Waals surface area contributed by atoms with Crippen molar-refractivity contribution in [2.24, 2.45) is 5.73 Å². The lowest BCUT2D eigenvalue weighted by molar-refractivity contribution is -0.387. The van der Waals surface area contributed by atoms with Gasteiger partial charge in [0.2, 0.25) is 5.82 Å². The third kappa shape index (κ3) is 2.85. The van der Waals surface area contributed by atoms with Crippen molar-refractivity contribution in [1.82, 2.24) is 10.1 Å². The molecule has 2 aromatic rings. The number of nitrogens with two attached hydrogens (primary N) is 1. The number of methoxy groups -OCH3 is 1. The van der Waals surface area contributed by atoms with Crippen LogP contribution in [0.2, 0.25) is 0 Å². The minimum Gasteiger partial charge on any atom is -0.383 e. The fraction of sp³-hybridized carbons (Fsp3) is 0.273. The number of hydrogen-bond donors (Lipinski definition) is 1. The van der Waals surface area contributed by atoms with Crippen LogP contribution in [0.3, 0.4) is 0 Å². The number of nitrogens with zero attached hydrogens (tertiary/aromatic N) is 3. The SMILES string of the molecule is COCC(N)c1noc(-c2c(F)ccc([N+](=O)[O-])c2F)n1. The predicted molar refractivity (Wildman–Crippen MR) is 65.1 cm³/mol. The zero-order valence-corrected chi connectivity index (χ0v) is 10.7. The average molecular weight is 300 g/mol. The van der Waals surface area contributed by atoms with Gasteiger partial charge in [0.05, 0.1) is 17.6 Å². The molecule has 21 heavy (non-hydrogen) atoms. The van der Waals surface area contributed by atoms with Gasteiger partial charge in [-0.15, -0.1) is 0 Å². The monoisotopic (exact) mass is 300 g/mol. The molecule has 1 heterocycles. The van der Waals surface area contributed by atoms with Crippen LogP contribution in [0.25, 0.3) is 11.5 Å². The number of ether oxygens (including phenoxy) is 1. The molecule has 1 unspecified atom stereocenters. The molecule has 1 aromatic heterocycles. The molecular weight excluding hydrogens is 290 g/mol. The Morgan fingerprint density at radius 3 is 2.86 bits per heavy atom. The molecule has 0 amide bonds. The van der Waals surface area contributed by atoms with Crippen LogP contribution < -0.4 is 5.73 Å². The Balaban J connectivity index is 2.47. The number of rotatable bonds is 5. The van der Waals surface area contributed by atoms with E-state index in [0.717, 1.165) is 6.07 Å². The van der Waals surface area contributed by atoms with E-state index in [1.807, 2.05) is 0 Å². The predicted octanol–water partition coefficient (Wildman–Crippen LogP) is 1.57. The smallest absolute Gasteiger partial charge is 0.305 e. The molecule has 2 rings (SSSR count). The van der Waals surface area contributed by atoms with E-state index >= 15 is 0 Å². The van der Waals surface area contributed by atoms with Gasteiger partial charge in [0.15, 0.2) is 5.82 Å². The van der Waals surface area contributed by atoms with Crippen molar-refractivity contribution in [1.29, 1.82) is 0 Å². The van der Waals surface area contributed by atoms with E-state index in [2.05, 4.69) is 10.1 Å². The van der Waals surface area contributed by atoms with Crippen molar-refractivity contribution in [2.75, 3.05) is 13.7 Å². The van der Waals surface area contributed by atoms with E-state index < -0.39 is 39.7 Å². The first-order valence-corrected chi connectivity index (χ1v) is 5.66. The van der Waals surface area contributed by atoms with Gasteiger partial charge in [0.1, 0.15) is 11.4 Å². The molecule has 1 aromatic carbocycles. The normalized spacial score (nSPS) is 12.4. The summed E-state index contributed by atoms with van der Waals surface area (Å²) in [5, 5.41) is 14.1. The van der Waals surface area contributed by atoms with Gasteiger partial charge in [0, 0.05) is 13.2 Å². The molecule has 0 spiro atoms. The quantitative estimate of drug-likeness (QED) is 0.657. The summed E-state index contributed by atoms with van der Waals surface area (Å²) in [7, 11) is 1.40. The topological polar surface area (TPSA) is 117 Å². The summed E-state index contributed by atoms with van der Waals surface area (Å²) in [6.07, 6.45) is 0. The standard InChI is InChI=1S/C11H10F2N4O4/c1-20-4-6(14)10-15-11(21-16-10)8-5(12)2-3-7(9(8)13)17(18)19/h2-3,6H,4,14H2,1H3. The summed E-state index contributed by atoms with van der Waals surface area (Å²) < 4.78 is 37.2. The van der Waals surface area contributed by atoms with Crippen molar-refractivity contribution >= 4 is 5.69 Å². The number of nitro groups is 1. The second-order valence-corrected chi connectivity index (χ2v) is 4.03. The first kappa shape index (κ1) is 14.9. The van der Waals surface area contributed by atoms with E-state index in [1.54, 1.807) is 0 Å². The summed E-state index contributed by atoms with van der Waals surface area (Å²) in [5.74, 6) is -3.02. The zero-order chi connectivity index (χ0) is 15.6. The molecule has 0 fully saturated rings. The molecule has 0 saturated heterocycles. The van der Waals surface area contributed by atoms with Crippen LogP contribution in [0, 0.1) is 21.7 Å². The molecule has 112 valence electrons. The average Bonchev–Trinajstić information content (AvgIpc) is 2.88. The van der Waals surface area contributed by atoms with Crippen LogP contribution in [0.1, 0.15) is 11.9 Å². The molecule has 1 atom stereocenters. The molecule has 10 heteroatoms. The Morgan fingerprint density at radius 2 is 2.24 bits per heavy atom. The van der Waals surface area contributed by atoms with E-state index in [9.17, 15) is 18.9 Å². The number of hydrogen-bond acceptors (Lipinski definition) is 7. The minimum atomic E-state index is -1.39. The highest BCUT2D eigenvalue weighted by molar-refractivity contribution is 5.60. The zero-order valence-electron chi connectivity index (χ0n) is 10.7. The van der Waals surface area contributed by atoms with Crippen LogP contribution in [0.5, 0.6) is 0 Å². The maximum absolute atomic E-state index is 14.0. The highest BCUT2D eigenvalue weighted by Crippen LogP contribution is 2.30. The van der Waals surface area contributed by atoms with E-state index in [4.69, 9.17) is 15.0 Å². The number of halogens is 2. The second kappa shape index (κ2) is 5.89. The number of benzene rings is 1. The van der Waals surface area contributed by atoms with Crippen molar-refractivity contribution < 1.29 is 23.0 Å². The lowest BCUT2D eigenvalue weighted by atomic mass is 10.1. The van der Waals surface area contributed by atoms with Gasteiger partial charge in [0.25, 0.3) is 5.89 Å². The van der Waals surface area contributed by atoms with Crippen molar-refractivity contribution in [3.05, 3.63) is 39.7 Å². The molecule has 0 aliphatic heterocycles. The van der Waals surface area contributed by atoms with Gasteiger partial charge in [-0.25, -0.2) is 4.39 Å². The summed E-state index contributed by atoms with van der Waals surface area (Å²) in [6.45, 7) is 0.0683. The van der Waals surface area contributed by atoms with Crippen LogP contribution in [-0.4, -0.2) is 28.8 Å². The first-order chi connectivity index (χ1) is 9.95. The first-order valence-electron chi connectivity index (χ1n) is 5.66. The van der Waals surface area contributed by atoms with Crippen molar-refractivity contribution in [3.63, 3.8) is 0 Å². The highest BCUT2D eigenvalue weighted by atomic mass is 19.1. The molecule has 0 aliphatic rings. The third-order valence-electron chi connectivity index (χ3n) is 2.60. The summed E-state index contributed by atoms with van der Waals surface area (Å²) in [6, 6.07) is 0.703. The van der Waals surface area contributed by atoms with Gasteiger partial charge in [-0.05, 0) is 6.07 Å². The Kier molecular flexibility index (Phi) is 4.19. The van der Waals surface area contributed by atoms with Crippen LogP contribution >= 0.6 is 0 Å². The number of aromatic nitrogens is 2. The molecule has 8 nitrogen and oxygen atoms in total. The Labute approximate surface area is 116 Å². The Bertz CT molecular complexity index is 676.